The fourth-order valence-corrected chi connectivity index (χ4v) is 6.03. The minimum absolute atomic E-state index is 0.0903. The molecule has 0 aliphatic carbocycles. The van der Waals surface area contributed by atoms with Crippen LogP contribution < -0.4 is 0 Å². The molecule has 0 spiro atoms. The molecule has 0 radical (unpaired) electrons. The second-order valence-corrected chi connectivity index (χ2v) is 11.3. The van der Waals surface area contributed by atoms with Crippen molar-refractivity contribution in [2.45, 2.75) is 42.8 Å². The molecule has 0 saturated carbocycles. The molecule has 1 N–H and O–H groups in total. The van der Waals surface area contributed by atoms with Gasteiger partial charge in [-0.05, 0) is 66.4 Å². The van der Waals surface area contributed by atoms with E-state index in [1.807, 2.05) is 6.07 Å². The number of fused-ring (bicyclic) bond motifs is 1. The fourth-order valence-electron chi connectivity index (χ4n) is 5.13. The highest BCUT2D eigenvalue weighted by Crippen LogP contribution is 2.30. The van der Waals surface area contributed by atoms with Crippen LogP contribution in [0.4, 0.5) is 8.78 Å². The monoisotopic (exact) mass is 587 g/mol. The van der Waals surface area contributed by atoms with Gasteiger partial charge in [-0.3, -0.25) is 4.90 Å². The molecular formula is C31H27F2N5O3S. The largest absolute Gasteiger partial charge is 0.478 e. The second-order valence-electron chi connectivity index (χ2n) is 10.3. The third kappa shape index (κ3) is 5.92. The molecule has 214 valence electrons. The van der Waals surface area contributed by atoms with Gasteiger partial charge in [0.15, 0.2) is 5.82 Å². The number of ether oxygens (including phenoxy) is 1. The van der Waals surface area contributed by atoms with Crippen LogP contribution in [-0.4, -0.2) is 56.3 Å². The summed E-state index contributed by atoms with van der Waals surface area (Å²) in [6.07, 6.45) is 3.85. The van der Waals surface area contributed by atoms with Crippen molar-refractivity contribution in [1.82, 2.24) is 19.4 Å². The van der Waals surface area contributed by atoms with Crippen LogP contribution in [0.15, 0.2) is 59.6 Å². The number of hydrogen-bond donors (Lipinski definition) is 1. The number of rotatable bonds is 9. The first-order valence-corrected chi connectivity index (χ1v) is 14.6. The normalized spacial score (nSPS) is 17.1. The topological polar surface area (TPSA) is 104 Å². The zero-order valence-corrected chi connectivity index (χ0v) is 23.4. The summed E-state index contributed by atoms with van der Waals surface area (Å²) in [5.74, 6) is -0.885. The highest BCUT2D eigenvalue weighted by molar-refractivity contribution is 7.98. The van der Waals surface area contributed by atoms with Gasteiger partial charge in [0.05, 0.1) is 53.1 Å². The molecule has 1 atom stereocenters. The number of aromatic nitrogens is 3. The summed E-state index contributed by atoms with van der Waals surface area (Å²) in [6.45, 7) is 3.33. The van der Waals surface area contributed by atoms with Crippen LogP contribution in [0.3, 0.4) is 0 Å². The number of thioether (sulfide) groups is 1. The Bertz CT molecular complexity index is 1740. The molecule has 42 heavy (non-hydrogen) atoms. The Balaban J connectivity index is 1.16. The SMILES string of the molecule is N#Cc1ccc(CSc2nc(C3=CCN(Cc4nc5ccc(C(=O)O)cc5n4C[C@@H]4CCO4)CC3)ccc2F)c(F)c1. The van der Waals surface area contributed by atoms with Crippen molar-refractivity contribution >= 4 is 34.3 Å². The van der Waals surface area contributed by atoms with Gasteiger partial charge in [-0.15, -0.1) is 0 Å². The number of halogens is 2. The Morgan fingerprint density at radius 3 is 2.69 bits per heavy atom. The molecule has 4 heterocycles. The van der Waals surface area contributed by atoms with Crippen LogP contribution in [-0.2, 0) is 23.6 Å². The van der Waals surface area contributed by atoms with Crippen LogP contribution in [0.5, 0.6) is 0 Å². The van der Waals surface area contributed by atoms with Crippen molar-refractivity contribution < 1.29 is 23.4 Å². The number of benzene rings is 2. The van der Waals surface area contributed by atoms with E-state index < -0.39 is 17.6 Å². The Morgan fingerprint density at radius 2 is 2.00 bits per heavy atom. The number of nitriles is 1. The summed E-state index contributed by atoms with van der Waals surface area (Å²) in [7, 11) is 0. The van der Waals surface area contributed by atoms with Gasteiger partial charge >= 0.3 is 5.97 Å². The highest BCUT2D eigenvalue weighted by atomic mass is 32.2. The van der Waals surface area contributed by atoms with Crippen LogP contribution in [0.25, 0.3) is 16.6 Å². The van der Waals surface area contributed by atoms with Crippen molar-refractivity contribution in [1.29, 1.82) is 5.26 Å². The van der Waals surface area contributed by atoms with Gasteiger partial charge in [-0.1, -0.05) is 23.9 Å². The summed E-state index contributed by atoms with van der Waals surface area (Å²) in [5.41, 5.74) is 4.09. The first-order valence-electron chi connectivity index (χ1n) is 13.6. The van der Waals surface area contributed by atoms with Crippen molar-refractivity contribution in [3.8, 4) is 6.07 Å². The zero-order chi connectivity index (χ0) is 29.2. The zero-order valence-electron chi connectivity index (χ0n) is 22.6. The molecule has 6 rings (SSSR count). The van der Waals surface area contributed by atoms with Crippen LogP contribution >= 0.6 is 11.8 Å². The van der Waals surface area contributed by atoms with Crippen molar-refractivity contribution in [2.75, 3.05) is 19.7 Å². The molecule has 4 aromatic rings. The van der Waals surface area contributed by atoms with Gasteiger partial charge in [-0.2, -0.15) is 5.26 Å². The minimum atomic E-state index is -0.975. The summed E-state index contributed by atoms with van der Waals surface area (Å²) in [5, 5.41) is 18.6. The maximum Gasteiger partial charge on any atom is 0.335 e. The quantitative estimate of drug-likeness (QED) is 0.251. The van der Waals surface area contributed by atoms with E-state index in [2.05, 4.69) is 20.5 Å². The van der Waals surface area contributed by atoms with Crippen LogP contribution in [0.1, 0.15) is 45.8 Å². The summed E-state index contributed by atoms with van der Waals surface area (Å²) in [4.78, 5) is 23.2. The van der Waals surface area contributed by atoms with Crippen molar-refractivity contribution in [3.63, 3.8) is 0 Å². The molecule has 0 amide bonds. The number of imidazole rings is 1. The lowest BCUT2D eigenvalue weighted by molar-refractivity contribution is -0.0591. The number of carbonyl (C=O) groups is 1. The molecular weight excluding hydrogens is 560 g/mol. The van der Waals surface area contributed by atoms with E-state index in [0.717, 1.165) is 53.8 Å². The molecule has 1 saturated heterocycles. The standard InChI is InChI=1S/C31H27F2N5O3S/c32-24-4-6-26(36-30(24)42-18-22-2-1-19(15-34)13-25(22)33)20-7-10-37(11-8-20)17-29-35-27-5-3-21(31(39)40)14-28(27)38(29)16-23-9-12-41-23/h1-7,13-14,23H,8-12,16-18H2,(H,39,40)/t23-/m0/s1. The Labute approximate surface area is 245 Å². The molecule has 1 fully saturated rings. The minimum Gasteiger partial charge on any atom is -0.478 e. The predicted octanol–water partition coefficient (Wildman–Crippen LogP) is 5.65. The number of carboxylic acid groups (broad SMARTS) is 1. The Hall–Kier alpha value is -4.11. The lowest BCUT2D eigenvalue weighted by Gasteiger charge is -2.29. The van der Waals surface area contributed by atoms with Gasteiger partial charge in [0, 0.05) is 25.4 Å². The van der Waals surface area contributed by atoms with E-state index in [-0.39, 0.29) is 28.0 Å². The second kappa shape index (κ2) is 12.0. The van der Waals surface area contributed by atoms with E-state index in [4.69, 9.17) is 15.0 Å². The highest BCUT2D eigenvalue weighted by Gasteiger charge is 2.24. The van der Waals surface area contributed by atoms with E-state index in [0.29, 0.717) is 37.3 Å². The van der Waals surface area contributed by atoms with Crippen LogP contribution in [0, 0.1) is 23.0 Å². The molecule has 2 aromatic carbocycles. The van der Waals surface area contributed by atoms with Gasteiger partial charge in [0.1, 0.15) is 16.7 Å². The van der Waals surface area contributed by atoms with E-state index in [1.54, 1.807) is 36.4 Å². The molecule has 8 nitrogen and oxygen atoms in total. The van der Waals surface area contributed by atoms with E-state index >= 15 is 0 Å². The first-order chi connectivity index (χ1) is 20.4. The van der Waals surface area contributed by atoms with Crippen molar-refractivity contribution in [3.05, 3.63) is 94.5 Å². The molecule has 2 aromatic heterocycles. The number of nitrogens with zero attached hydrogens (tertiary/aromatic N) is 5. The summed E-state index contributed by atoms with van der Waals surface area (Å²) >= 11 is 1.12. The third-order valence-electron chi connectivity index (χ3n) is 7.60. The van der Waals surface area contributed by atoms with Crippen molar-refractivity contribution in [2.24, 2.45) is 0 Å². The van der Waals surface area contributed by atoms with Gasteiger partial charge < -0.3 is 14.4 Å². The molecule has 2 aliphatic rings. The molecule has 11 heteroatoms. The maximum absolute atomic E-state index is 14.6. The number of carboxylic acids is 1. The predicted molar refractivity (Wildman–Crippen MR) is 154 cm³/mol. The lowest BCUT2D eigenvalue weighted by Crippen LogP contribution is -2.33. The van der Waals surface area contributed by atoms with E-state index in [9.17, 15) is 18.7 Å². The molecule has 0 bridgehead atoms. The van der Waals surface area contributed by atoms with Gasteiger partial charge in [0.25, 0.3) is 0 Å². The summed E-state index contributed by atoms with van der Waals surface area (Å²) < 4.78 is 36.6. The number of hydrogen-bond acceptors (Lipinski definition) is 7. The van der Waals surface area contributed by atoms with Gasteiger partial charge in [0.2, 0.25) is 0 Å². The summed E-state index contributed by atoms with van der Waals surface area (Å²) in [6, 6.07) is 14.2. The number of aromatic carboxylic acids is 1. The fraction of sp³-hybridized carbons (Fsp3) is 0.290. The van der Waals surface area contributed by atoms with Crippen LogP contribution in [0.2, 0.25) is 0 Å². The number of pyridine rings is 1. The van der Waals surface area contributed by atoms with Gasteiger partial charge in [-0.25, -0.2) is 23.5 Å². The average molecular weight is 588 g/mol. The third-order valence-corrected chi connectivity index (χ3v) is 8.62. The lowest BCUT2D eigenvalue weighted by atomic mass is 10.0. The Morgan fingerprint density at radius 1 is 1.14 bits per heavy atom. The molecule has 2 aliphatic heterocycles. The molecule has 0 unspecified atom stereocenters. The maximum atomic E-state index is 14.6. The van der Waals surface area contributed by atoms with E-state index in [1.165, 1.54) is 12.1 Å². The first kappa shape index (κ1) is 28.0. The Kier molecular flexibility index (Phi) is 8.02. The average Bonchev–Trinajstić information content (AvgIpc) is 3.31. The smallest absolute Gasteiger partial charge is 0.335 e.